The number of carbonyl (C=O) groups excluding carboxylic acids is 1. The highest BCUT2D eigenvalue weighted by molar-refractivity contribution is 5.80. The first kappa shape index (κ1) is 15.8. The van der Waals surface area contributed by atoms with Crippen molar-refractivity contribution in [3.8, 4) is 0 Å². The fourth-order valence-corrected chi connectivity index (χ4v) is 2.32. The number of methoxy groups -OCH3 is 1. The summed E-state index contributed by atoms with van der Waals surface area (Å²) in [6, 6.07) is 4.88. The molecule has 0 aromatic heterocycles. The Bertz CT molecular complexity index is 488. The van der Waals surface area contributed by atoms with Crippen molar-refractivity contribution in [3.05, 3.63) is 35.4 Å². The number of alkyl halides is 3. The zero-order valence-corrected chi connectivity index (χ0v) is 11.6. The summed E-state index contributed by atoms with van der Waals surface area (Å²) in [5, 5.41) is 3.01. The first-order valence-corrected chi connectivity index (χ1v) is 6.62. The summed E-state index contributed by atoms with van der Waals surface area (Å²) in [6.45, 7) is 1.23. The summed E-state index contributed by atoms with van der Waals surface area (Å²) in [4.78, 5) is 13.4. The number of nitrogens with zero attached hydrogens (tertiary/aromatic N) is 1. The molecule has 0 spiro atoms. The van der Waals surface area contributed by atoms with Gasteiger partial charge in [-0.1, -0.05) is 12.1 Å². The van der Waals surface area contributed by atoms with Crippen LogP contribution in [0.3, 0.4) is 0 Å². The number of halogens is 3. The third-order valence-corrected chi connectivity index (χ3v) is 3.38. The molecule has 0 aliphatic carbocycles. The standard InChI is InChI=1S/C14H17F3N2O2/c1-21-8-2-7-19-12(20)9-18-13(19)10-3-5-11(6-4-10)14(15,16)17/h3-6,13,18H,2,7-9H2,1H3. The second-order valence-electron chi connectivity index (χ2n) is 4.84. The van der Waals surface area contributed by atoms with Gasteiger partial charge in [0.1, 0.15) is 6.17 Å². The van der Waals surface area contributed by atoms with Crippen molar-refractivity contribution >= 4 is 5.91 Å². The predicted molar refractivity (Wildman–Crippen MR) is 70.4 cm³/mol. The molecule has 1 fully saturated rings. The Morgan fingerprint density at radius 1 is 1.33 bits per heavy atom. The van der Waals surface area contributed by atoms with Crippen LogP contribution in [0.4, 0.5) is 13.2 Å². The summed E-state index contributed by atoms with van der Waals surface area (Å²) in [5.41, 5.74) is -0.0484. The summed E-state index contributed by atoms with van der Waals surface area (Å²) in [5.74, 6) is -0.0593. The number of ether oxygens (including phenoxy) is 1. The number of benzene rings is 1. The molecule has 1 aliphatic rings. The maximum Gasteiger partial charge on any atom is 0.416 e. The number of hydrogen-bond acceptors (Lipinski definition) is 3. The lowest BCUT2D eigenvalue weighted by Crippen LogP contribution is -2.31. The molecule has 1 heterocycles. The van der Waals surface area contributed by atoms with Crippen LogP contribution < -0.4 is 5.32 Å². The zero-order chi connectivity index (χ0) is 15.5. The lowest BCUT2D eigenvalue weighted by atomic mass is 10.1. The van der Waals surface area contributed by atoms with E-state index in [1.54, 1.807) is 12.0 Å². The van der Waals surface area contributed by atoms with Crippen LogP contribution in [-0.4, -0.2) is 37.6 Å². The van der Waals surface area contributed by atoms with Gasteiger partial charge in [0, 0.05) is 20.3 Å². The fourth-order valence-electron chi connectivity index (χ4n) is 2.32. The molecule has 1 aliphatic heterocycles. The minimum atomic E-state index is -4.35. The van der Waals surface area contributed by atoms with E-state index in [2.05, 4.69) is 5.32 Å². The smallest absolute Gasteiger partial charge is 0.385 e. The van der Waals surface area contributed by atoms with Gasteiger partial charge in [-0.2, -0.15) is 13.2 Å². The van der Waals surface area contributed by atoms with Gasteiger partial charge in [-0.15, -0.1) is 0 Å². The molecular weight excluding hydrogens is 285 g/mol. The normalized spacial score (nSPS) is 19.3. The maximum atomic E-state index is 12.5. The molecule has 116 valence electrons. The van der Waals surface area contributed by atoms with Crippen molar-refractivity contribution in [1.29, 1.82) is 0 Å². The molecule has 7 heteroatoms. The van der Waals surface area contributed by atoms with E-state index < -0.39 is 11.7 Å². The van der Waals surface area contributed by atoms with Crippen molar-refractivity contribution in [2.45, 2.75) is 18.8 Å². The van der Waals surface area contributed by atoms with Gasteiger partial charge < -0.3 is 9.64 Å². The van der Waals surface area contributed by atoms with E-state index in [0.717, 1.165) is 12.1 Å². The third kappa shape index (κ3) is 3.74. The molecule has 2 rings (SSSR count). The Morgan fingerprint density at radius 2 is 2.00 bits per heavy atom. The molecule has 0 bridgehead atoms. The summed E-state index contributed by atoms with van der Waals surface area (Å²) in [7, 11) is 1.58. The lowest BCUT2D eigenvalue weighted by molar-refractivity contribution is -0.137. The highest BCUT2D eigenvalue weighted by Crippen LogP contribution is 2.31. The Hall–Kier alpha value is -1.60. The number of amides is 1. The predicted octanol–water partition coefficient (Wildman–Crippen LogP) is 2.17. The van der Waals surface area contributed by atoms with Crippen molar-refractivity contribution < 1.29 is 22.7 Å². The van der Waals surface area contributed by atoms with E-state index in [1.165, 1.54) is 12.1 Å². The van der Waals surface area contributed by atoms with E-state index in [0.29, 0.717) is 25.1 Å². The molecule has 4 nitrogen and oxygen atoms in total. The number of rotatable bonds is 5. The van der Waals surface area contributed by atoms with E-state index in [4.69, 9.17) is 4.74 Å². The molecule has 1 aromatic carbocycles. The Kier molecular flexibility index (Phi) is 4.84. The minimum absolute atomic E-state index is 0.0593. The number of nitrogens with one attached hydrogen (secondary N) is 1. The molecule has 1 N–H and O–H groups in total. The van der Waals surface area contributed by atoms with Crippen LogP contribution in [0.1, 0.15) is 23.7 Å². The quantitative estimate of drug-likeness (QED) is 0.848. The van der Waals surface area contributed by atoms with Gasteiger partial charge >= 0.3 is 6.18 Å². The first-order valence-electron chi connectivity index (χ1n) is 6.62. The topological polar surface area (TPSA) is 41.6 Å². The molecule has 0 radical (unpaired) electrons. The van der Waals surface area contributed by atoms with Crippen LogP contribution in [0.2, 0.25) is 0 Å². The second kappa shape index (κ2) is 6.44. The summed E-state index contributed by atoms with van der Waals surface area (Å²) >= 11 is 0. The highest BCUT2D eigenvalue weighted by atomic mass is 19.4. The Balaban J connectivity index is 2.10. The van der Waals surface area contributed by atoms with Gasteiger partial charge in [-0.3, -0.25) is 10.1 Å². The van der Waals surface area contributed by atoms with E-state index >= 15 is 0 Å². The van der Waals surface area contributed by atoms with Crippen LogP contribution in [-0.2, 0) is 15.7 Å². The van der Waals surface area contributed by atoms with Crippen LogP contribution >= 0.6 is 0 Å². The third-order valence-electron chi connectivity index (χ3n) is 3.38. The molecular formula is C14H17F3N2O2. The Morgan fingerprint density at radius 3 is 2.57 bits per heavy atom. The average Bonchev–Trinajstić information content (AvgIpc) is 2.80. The fraction of sp³-hybridized carbons (Fsp3) is 0.500. The molecule has 1 atom stereocenters. The van der Waals surface area contributed by atoms with Crippen LogP contribution in [0.5, 0.6) is 0 Å². The van der Waals surface area contributed by atoms with Gasteiger partial charge in [-0.05, 0) is 24.1 Å². The van der Waals surface area contributed by atoms with Crippen molar-refractivity contribution in [2.75, 3.05) is 26.8 Å². The Labute approximate surface area is 120 Å². The van der Waals surface area contributed by atoms with Crippen molar-refractivity contribution in [2.24, 2.45) is 0 Å². The van der Waals surface area contributed by atoms with Crippen LogP contribution in [0, 0.1) is 0 Å². The van der Waals surface area contributed by atoms with Gasteiger partial charge in [-0.25, -0.2) is 0 Å². The highest BCUT2D eigenvalue weighted by Gasteiger charge is 2.33. The van der Waals surface area contributed by atoms with Gasteiger partial charge in [0.25, 0.3) is 0 Å². The van der Waals surface area contributed by atoms with Gasteiger partial charge in [0.05, 0.1) is 12.1 Å². The van der Waals surface area contributed by atoms with E-state index in [9.17, 15) is 18.0 Å². The lowest BCUT2D eigenvalue weighted by Gasteiger charge is -2.24. The zero-order valence-electron chi connectivity index (χ0n) is 11.6. The van der Waals surface area contributed by atoms with Gasteiger partial charge in [0.15, 0.2) is 0 Å². The van der Waals surface area contributed by atoms with Crippen LogP contribution in [0.25, 0.3) is 0 Å². The molecule has 21 heavy (non-hydrogen) atoms. The largest absolute Gasteiger partial charge is 0.416 e. The first-order chi connectivity index (χ1) is 9.93. The SMILES string of the molecule is COCCCN1C(=O)CNC1c1ccc(C(F)(F)F)cc1. The molecule has 1 amide bonds. The number of hydrogen-bond donors (Lipinski definition) is 1. The summed E-state index contributed by atoms with van der Waals surface area (Å²) < 4.78 is 42.6. The molecule has 0 saturated carbocycles. The summed E-state index contributed by atoms with van der Waals surface area (Å²) in [6.07, 6.45) is -4.05. The van der Waals surface area contributed by atoms with E-state index in [-0.39, 0.29) is 18.6 Å². The maximum absolute atomic E-state index is 12.5. The molecule has 1 unspecified atom stereocenters. The van der Waals surface area contributed by atoms with Gasteiger partial charge in [0.2, 0.25) is 5.91 Å². The van der Waals surface area contributed by atoms with E-state index in [1.807, 2.05) is 0 Å². The average molecular weight is 302 g/mol. The molecule has 1 aromatic rings. The van der Waals surface area contributed by atoms with Crippen molar-refractivity contribution in [1.82, 2.24) is 10.2 Å². The van der Waals surface area contributed by atoms with Crippen LogP contribution in [0.15, 0.2) is 24.3 Å². The van der Waals surface area contributed by atoms with Crippen molar-refractivity contribution in [3.63, 3.8) is 0 Å². The molecule has 1 saturated heterocycles. The second-order valence-corrected chi connectivity index (χ2v) is 4.84. The minimum Gasteiger partial charge on any atom is -0.385 e. The number of carbonyl (C=O) groups is 1. The monoisotopic (exact) mass is 302 g/mol.